The molecule has 0 fully saturated rings. The largest absolute Gasteiger partial charge is 0.0885 e. The molecule has 0 aromatic carbocycles. The van der Waals surface area contributed by atoms with Crippen LogP contribution >= 0.6 is 0 Å². The summed E-state index contributed by atoms with van der Waals surface area (Å²) in [7, 11) is 0. The Balaban J connectivity index is 3.31. The summed E-state index contributed by atoms with van der Waals surface area (Å²) in [5, 5.41) is 0. The first-order valence-corrected chi connectivity index (χ1v) is 5.33. The molecular weight excluding hydrogens is 144 g/mol. The lowest BCUT2D eigenvalue weighted by atomic mass is 9.99. The molecule has 0 heteroatoms. The zero-order valence-electron chi connectivity index (χ0n) is 9.14. The lowest BCUT2D eigenvalue weighted by Gasteiger charge is -2.07. The Morgan fingerprint density at radius 1 is 1.08 bits per heavy atom. The van der Waals surface area contributed by atoms with E-state index in [2.05, 4.69) is 39.8 Å². The molecule has 0 rings (SSSR count). The fourth-order valence-electron chi connectivity index (χ4n) is 1.31. The van der Waals surface area contributed by atoms with E-state index < -0.39 is 0 Å². The standard InChI is InChI=1S/C12H24/c1-5-6-9-12(4)10-7-8-11(2)3/h6,9,11-12H,5,7-8,10H2,1-4H3. The van der Waals surface area contributed by atoms with E-state index in [1.807, 2.05) is 0 Å². The van der Waals surface area contributed by atoms with Gasteiger partial charge in [0.1, 0.15) is 0 Å². The van der Waals surface area contributed by atoms with Crippen LogP contribution in [0.4, 0.5) is 0 Å². The van der Waals surface area contributed by atoms with Crippen LogP contribution < -0.4 is 0 Å². The van der Waals surface area contributed by atoms with Gasteiger partial charge in [0.15, 0.2) is 0 Å². The van der Waals surface area contributed by atoms with Crippen LogP contribution in [-0.4, -0.2) is 0 Å². The monoisotopic (exact) mass is 168 g/mol. The van der Waals surface area contributed by atoms with Gasteiger partial charge in [-0.3, -0.25) is 0 Å². The van der Waals surface area contributed by atoms with E-state index in [4.69, 9.17) is 0 Å². The second kappa shape index (κ2) is 7.39. The van der Waals surface area contributed by atoms with E-state index in [1.54, 1.807) is 0 Å². The highest BCUT2D eigenvalue weighted by atomic mass is 14.0. The summed E-state index contributed by atoms with van der Waals surface area (Å²) in [4.78, 5) is 0. The predicted octanol–water partition coefficient (Wildman–Crippen LogP) is 4.42. The molecule has 0 aliphatic rings. The van der Waals surface area contributed by atoms with Crippen LogP contribution in [0.1, 0.15) is 53.4 Å². The van der Waals surface area contributed by atoms with Crippen molar-refractivity contribution in [2.45, 2.75) is 53.4 Å². The lowest BCUT2D eigenvalue weighted by Crippen LogP contribution is -1.92. The smallest absolute Gasteiger partial charge is 0.0262 e. The Morgan fingerprint density at radius 2 is 1.75 bits per heavy atom. The average molecular weight is 168 g/mol. The molecule has 0 aromatic rings. The van der Waals surface area contributed by atoms with Crippen LogP contribution in [0.15, 0.2) is 12.2 Å². The second-order valence-electron chi connectivity index (χ2n) is 4.14. The fraction of sp³-hybridized carbons (Fsp3) is 0.833. The topological polar surface area (TPSA) is 0 Å². The molecule has 1 atom stereocenters. The maximum Gasteiger partial charge on any atom is -0.0262 e. The van der Waals surface area contributed by atoms with Crippen molar-refractivity contribution in [1.82, 2.24) is 0 Å². The van der Waals surface area contributed by atoms with Gasteiger partial charge in [0.2, 0.25) is 0 Å². The summed E-state index contributed by atoms with van der Waals surface area (Å²) in [6.45, 7) is 9.10. The van der Waals surface area contributed by atoms with Gasteiger partial charge in [-0.2, -0.15) is 0 Å². The van der Waals surface area contributed by atoms with Gasteiger partial charge in [-0.25, -0.2) is 0 Å². The molecule has 0 aliphatic carbocycles. The molecule has 12 heavy (non-hydrogen) atoms. The van der Waals surface area contributed by atoms with Crippen LogP contribution in [0.3, 0.4) is 0 Å². The van der Waals surface area contributed by atoms with Crippen molar-refractivity contribution >= 4 is 0 Å². The van der Waals surface area contributed by atoms with Crippen molar-refractivity contribution < 1.29 is 0 Å². The third kappa shape index (κ3) is 7.84. The van der Waals surface area contributed by atoms with Gasteiger partial charge < -0.3 is 0 Å². The molecule has 0 heterocycles. The molecule has 0 aliphatic heterocycles. The Hall–Kier alpha value is -0.260. The Bertz CT molecular complexity index is 111. The van der Waals surface area contributed by atoms with Gasteiger partial charge in [-0.15, -0.1) is 0 Å². The summed E-state index contributed by atoms with van der Waals surface area (Å²) in [5.74, 6) is 1.65. The summed E-state index contributed by atoms with van der Waals surface area (Å²) in [5.41, 5.74) is 0. The van der Waals surface area contributed by atoms with E-state index in [-0.39, 0.29) is 0 Å². The Labute approximate surface area is 78.1 Å². The molecule has 0 N–H and O–H groups in total. The first-order valence-electron chi connectivity index (χ1n) is 5.33. The second-order valence-corrected chi connectivity index (χ2v) is 4.14. The summed E-state index contributed by atoms with van der Waals surface area (Å²) < 4.78 is 0. The number of rotatable bonds is 6. The Morgan fingerprint density at radius 3 is 2.25 bits per heavy atom. The lowest BCUT2D eigenvalue weighted by molar-refractivity contribution is 0.501. The molecule has 0 radical (unpaired) electrons. The van der Waals surface area contributed by atoms with Gasteiger partial charge in [0, 0.05) is 0 Å². The number of hydrogen-bond acceptors (Lipinski definition) is 0. The quantitative estimate of drug-likeness (QED) is 0.515. The number of hydrogen-bond donors (Lipinski definition) is 0. The first kappa shape index (κ1) is 11.7. The first-order chi connectivity index (χ1) is 5.66. The van der Waals surface area contributed by atoms with Gasteiger partial charge in [0.25, 0.3) is 0 Å². The highest BCUT2D eigenvalue weighted by Crippen LogP contribution is 2.13. The number of allylic oxidation sites excluding steroid dienone is 2. The van der Waals surface area contributed by atoms with E-state index in [1.165, 1.54) is 25.7 Å². The van der Waals surface area contributed by atoms with E-state index in [9.17, 15) is 0 Å². The summed E-state index contributed by atoms with van der Waals surface area (Å²) in [6.07, 6.45) is 9.92. The SMILES string of the molecule is CCC=CC(C)CCCC(C)C. The normalized spacial score (nSPS) is 14.4. The van der Waals surface area contributed by atoms with E-state index in [0.29, 0.717) is 0 Å². The highest BCUT2D eigenvalue weighted by molar-refractivity contribution is 4.85. The van der Waals surface area contributed by atoms with E-state index in [0.717, 1.165) is 11.8 Å². The molecular formula is C12H24. The molecule has 0 saturated carbocycles. The summed E-state index contributed by atoms with van der Waals surface area (Å²) >= 11 is 0. The van der Waals surface area contributed by atoms with Crippen molar-refractivity contribution in [2.75, 3.05) is 0 Å². The maximum atomic E-state index is 2.35. The minimum atomic E-state index is 0.781. The van der Waals surface area contributed by atoms with Crippen LogP contribution in [0.25, 0.3) is 0 Å². The highest BCUT2D eigenvalue weighted by Gasteiger charge is 1.98. The van der Waals surface area contributed by atoms with E-state index >= 15 is 0 Å². The molecule has 0 bridgehead atoms. The van der Waals surface area contributed by atoms with Crippen molar-refractivity contribution in [3.8, 4) is 0 Å². The summed E-state index contributed by atoms with van der Waals surface area (Å²) in [6, 6.07) is 0. The van der Waals surface area contributed by atoms with Crippen LogP contribution in [-0.2, 0) is 0 Å². The van der Waals surface area contributed by atoms with Gasteiger partial charge in [0.05, 0.1) is 0 Å². The third-order valence-corrected chi connectivity index (χ3v) is 2.14. The van der Waals surface area contributed by atoms with Gasteiger partial charge >= 0.3 is 0 Å². The fourth-order valence-corrected chi connectivity index (χ4v) is 1.31. The average Bonchev–Trinajstić information content (AvgIpc) is 2.00. The van der Waals surface area contributed by atoms with Crippen LogP contribution in [0, 0.1) is 11.8 Å². The molecule has 0 nitrogen and oxygen atoms in total. The predicted molar refractivity (Wildman–Crippen MR) is 57.3 cm³/mol. The zero-order chi connectivity index (χ0) is 9.40. The zero-order valence-corrected chi connectivity index (χ0v) is 9.14. The van der Waals surface area contributed by atoms with Crippen molar-refractivity contribution in [1.29, 1.82) is 0 Å². The molecule has 0 aromatic heterocycles. The Kier molecular flexibility index (Phi) is 7.23. The van der Waals surface area contributed by atoms with Crippen molar-refractivity contribution in [2.24, 2.45) is 11.8 Å². The molecule has 0 saturated heterocycles. The van der Waals surface area contributed by atoms with Gasteiger partial charge in [-0.05, 0) is 24.7 Å². The van der Waals surface area contributed by atoms with Crippen molar-refractivity contribution in [3.63, 3.8) is 0 Å². The van der Waals surface area contributed by atoms with Gasteiger partial charge in [-0.1, -0.05) is 52.7 Å². The third-order valence-electron chi connectivity index (χ3n) is 2.14. The molecule has 0 amide bonds. The van der Waals surface area contributed by atoms with Crippen molar-refractivity contribution in [3.05, 3.63) is 12.2 Å². The maximum absolute atomic E-state index is 2.35. The van der Waals surface area contributed by atoms with Crippen LogP contribution in [0.5, 0.6) is 0 Å². The molecule has 72 valence electrons. The minimum absolute atomic E-state index is 0.781. The minimum Gasteiger partial charge on any atom is -0.0885 e. The molecule has 1 unspecified atom stereocenters. The molecule has 0 spiro atoms. The van der Waals surface area contributed by atoms with Crippen LogP contribution in [0.2, 0.25) is 0 Å².